The first-order valence-electron chi connectivity index (χ1n) is 5.83. The van der Waals surface area contributed by atoms with Crippen LogP contribution in [0.1, 0.15) is 44.7 Å². The van der Waals surface area contributed by atoms with Crippen LogP contribution in [-0.4, -0.2) is 5.75 Å². The second kappa shape index (κ2) is 6.92. The third-order valence-corrected chi connectivity index (χ3v) is 3.62. The maximum atomic E-state index is 13.6. The van der Waals surface area contributed by atoms with Crippen molar-refractivity contribution in [3.05, 3.63) is 29.6 Å². The van der Waals surface area contributed by atoms with Gasteiger partial charge in [0.15, 0.2) is 0 Å². The smallest absolute Gasteiger partial charge is 0.137 e. The average Bonchev–Trinajstić information content (AvgIpc) is 2.26. The Balaban J connectivity index is 2.54. The number of thioether (sulfide) groups is 1. The van der Waals surface area contributed by atoms with Crippen LogP contribution in [-0.2, 0) is 0 Å². The number of hydrogen-bond donors (Lipinski definition) is 1. The monoisotopic (exact) mass is 241 g/mol. The molecule has 0 aliphatic heterocycles. The number of benzene rings is 1. The largest absolute Gasteiger partial charge is 0.324 e. The summed E-state index contributed by atoms with van der Waals surface area (Å²) in [6, 6.07) is 5.20. The van der Waals surface area contributed by atoms with Crippen molar-refractivity contribution in [1.29, 1.82) is 0 Å². The number of halogens is 1. The van der Waals surface area contributed by atoms with E-state index < -0.39 is 0 Å². The molecule has 0 amide bonds. The summed E-state index contributed by atoms with van der Waals surface area (Å²) in [5.41, 5.74) is 6.56. The van der Waals surface area contributed by atoms with Crippen LogP contribution >= 0.6 is 11.8 Å². The molecule has 1 aromatic carbocycles. The molecule has 1 atom stereocenters. The molecule has 0 aliphatic carbocycles. The highest BCUT2D eigenvalue weighted by molar-refractivity contribution is 7.99. The number of unbranched alkanes of at least 4 members (excludes halogenated alkanes) is 2. The molecule has 0 saturated heterocycles. The molecule has 0 aliphatic rings. The van der Waals surface area contributed by atoms with Crippen LogP contribution in [0.4, 0.5) is 4.39 Å². The summed E-state index contributed by atoms with van der Waals surface area (Å²) < 4.78 is 13.6. The van der Waals surface area contributed by atoms with Gasteiger partial charge in [0.1, 0.15) is 5.82 Å². The highest BCUT2D eigenvalue weighted by Gasteiger charge is 2.06. The van der Waals surface area contributed by atoms with Crippen LogP contribution in [0.3, 0.4) is 0 Å². The van der Waals surface area contributed by atoms with Crippen LogP contribution < -0.4 is 5.73 Å². The third kappa shape index (κ3) is 4.14. The van der Waals surface area contributed by atoms with Crippen molar-refractivity contribution < 1.29 is 4.39 Å². The van der Waals surface area contributed by atoms with Crippen molar-refractivity contribution in [3.63, 3.8) is 0 Å². The normalized spacial score (nSPS) is 12.8. The zero-order chi connectivity index (χ0) is 12.0. The van der Waals surface area contributed by atoms with Gasteiger partial charge >= 0.3 is 0 Å². The molecule has 3 heteroatoms. The van der Waals surface area contributed by atoms with Gasteiger partial charge in [-0.3, -0.25) is 0 Å². The van der Waals surface area contributed by atoms with Crippen molar-refractivity contribution in [2.75, 3.05) is 5.75 Å². The predicted octanol–water partition coefficient (Wildman–Crippen LogP) is 4.13. The molecule has 0 radical (unpaired) electrons. The molecule has 16 heavy (non-hydrogen) atoms. The SMILES string of the molecule is CCCCCSc1ccc([C@@H](C)N)cc1F. The molecule has 0 spiro atoms. The first-order valence-corrected chi connectivity index (χ1v) is 6.81. The maximum Gasteiger partial charge on any atom is 0.137 e. The summed E-state index contributed by atoms with van der Waals surface area (Å²) in [6.45, 7) is 4.03. The van der Waals surface area contributed by atoms with Crippen LogP contribution in [0.5, 0.6) is 0 Å². The number of nitrogens with two attached hydrogens (primary N) is 1. The molecular formula is C13H20FNS. The van der Waals surface area contributed by atoms with Gasteiger partial charge in [0.05, 0.1) is 0 Å². The van der Waals surface area contributed by atoms with Crippen molar-refractivity contribution in [2.45, 2.75) is 44.0 Å². The summed E-state index contributed by atoms with van der Waals surface area (Å²) in [5.74, 6) is 0.846. The highest BCUT2D eigenvalue weighted by Crippen LogP contribution is 2.25. The topological polar surface area (TPSA) is 26.0 Å². The van der Waals surface area contributed by atoms with E-state index in [9.17, 15) is 4.39 Å². The van der Waals surface area contributed by atoms with E-state index in [1.807, 2.05) is 19.1 Å². The van der Waals surface area contributed by atoms with Gasteiger partial charge < -0.3 is 5.73 Å². The van der Waals surface area contributed by atoms with Crippen molar-refractivity contribution in [2.24, 2.45) is 5.73 Å². The van der Waals surface area contributed by atoms with E-state index >= 15 is 0 Å². The van der Waals surface area contributed by atoms with Gasteiger partial charge in [-0.1, -0.05) is 25.8 Å². The first kappa shape index (κ1) is 13.5. The Hall–Kier alpha value is -0.540. The van der Waals surface area contributed by atoms with Gasteiger partial charge in [0.2, 0.25) is 0 Å². The molecule has 0 unspecified atom stereocenters. The maximum absolute atomic E-state index is 13.6. The van der Waals surface area contributed by atoms with Gasteiger partial charge in [-0.15, -0.1) is 11.8 Å². The minimum Gasteiger partial charge on any atom is -0.324 e. The van der Waals surface area contributed by atoms with E-state index in [2.05, 4.69) is 6.92 Å². The molecule has 0 heterocycles. The lowest BCUT2D eigenvalue weighted by molar-refractivity contribution is 0.596. The van der Waals surface area contributed by atoms with Crippen LogP contribution in [0, 0.1) is 5.82 Å². The van der Waals surface area contributed by atoms with Gasteiger partial charge in [-0.2, -0.15) is 0 Å². The molecule has 0 fully saturated rings. The Morgan fingerprint density at radius 3 is 2.69 bits per heavy atom. The van der Waals surface area contributed by atoms with Crippen molar-refractivity contribution >= 4 is 11.8 Å². The Kier molecular flexibility index (Phi) is 5.85. The predicted molar refractivity (Wildman–Crippen MR) is 69.3 cm³/mol. The second-order valence-electron chi connectivity index (χ2n) is 4.03. The fraction of sp³-hybridized carbons (Fsp3) is 0.538. The summed E-state index contributed by atoms with van der Waals surface area (Å²) in [6.07, 6.45) is 3.56. The first-order chi connectivity index (χ1) is 7.65. The summed E-state index contributed by atoms with van der Waals surface area (Å²) in [5, 5.41) is 0. The molecular weight excluding hydrogens is 221 g/mol. The summed E-state index contributed by atoms with van der Waals surface area (Å²) in [4.78, 5) is 0.737. The quantitative estimate of drug-likeness (QED) is 0.598. The lowest BCUT2D eigenvalue weighted by Gasteiger charge is -2.08. The molecule has 90 valence electrons. The van der Waals surface area contributed by atoms with Crippen LogP contribution in [0.25, 0.3) is 0 Å². The Morgan fingerprint density at radius 1 is 1.38 bits per heavy atom. The van der Waals surface area contributed by atoms with Gasteiger partial charge in [-0.05, 0) is 36.8 Å². The fourth-order valence-electron chi connectivity index (χ4n) is 1.45. The van der Waals surface area contributed by atoms with E-state index in [4.69, 9.17) is 5.73 Å². The molecule has 2 N–H and O–H groups in total. The Labute approximate surface area is 102 Å². The zero-order valence-corrected chi connectivity index (χ0v) is 10.8. The lowest BCUT2D eigenvalue weighted by atomic mass is 10.1. The van der Waals surface area contributed by atoms with E-state index in [0.29, 0.717) is 0 Å². The molecule has 0 saturated carbocycles. The fourth-order valence-corrected chi connectivity index (χ4v) is 2.38. The summed E-state index contributed by atoms with van der Waals surface area (Å²) >= 11 is 1.59. The summed E-state index contributed by atoms with van der Waals surface area (Å²) in [7, 11) is 0. The molecule has 1 aromatic rings. The van der Waals surface area contributed by atoms with Crippen LogP contribution in [0.15, 0.2) is 23.1 Å². The highest BCUT2D eigenvalue weighted by atomic mass is 32.2. The standard InChI is InChI=1S/C13H20FNS/c1-3-4-5-8-16-13-7-6-11(10(2)15)9-12(13)14/h6-7,9-10H,3-5,8,15H2,1-2H3/t10-/m1/s1. The van der Waals surface area contributed by atoms with Crippen LogP contribution in [0.2, 0.25) is 0 Å². The Bertz CT molecular complexity index is 326. The van der Waals surface area contributed by atoms with Gasteiger partial charge in [-0.25, -0.2) is 4.39 Å². The molecule has 0 aromatic heterocycles. The van der Waals surface area contributed by atoms with Crippen molar-refractivity contribution in [1.82, 2.24) is 0 Å². The Morgan fingerprint density at radius 2 is 2.12 bits per heavy atom. The van der Waals surface area contributed by atoms with E-state index in [1.165, 1.54) is 12.8 Å². The molecule has 1 rings (SSSR count). The average molecular weight is 241 g/mol. The minimum atomic E-state index is -0.142. The zero-order valence-electron chi connectivity index (χ0n) is 10.0. The molecule has 0 bridgehead atoms. The van der Waals surface area contributed by atoms with Crippen molar-refractivity contribution in [3.8, 4) is 0 Å². The van der Waals surface area contributed by atoms with Gasteiger partial charge in [0.25, 0.3) is 0 Å². The lowest BCUT2D eigenvalue weighted by Crippen LogP contribution is -2.05. The van der Waals surface area contributed by atoms with E-state index in [1.54, 1.807) is 17.8 Å². The van der Waals surface area contributed by atoms with Gasteiger partial charge in [0, 0.05) is 10.9 Å². The second-order valence-corrected chi connectivity index (χ2v) is 5.17. The van der Waals surface area contributed by atoms with E-state index in [-0.39, 0.29) is 11.9 Å². The number of hydrogen-bond acceptors (Lipinski definition) is 2. The van der Waals surface area contributed by atoms with E-state index in [0.717, 1.165) is 22.6 Å². The third-order valence-electron chi connectivity index (χ3n) is 2.49. The number of rotatable bonds is 6. The molecule has 1 nitrogen and oxygen atoms in total. The minimum absolute atomic E-state index is 0.103.